The van der Waals surface area contributed by atoms with Crippen molar-refractivity contribution < 1.29 is 4.92 Å². The van der Waals surface area contributed by atoms with Crippen LogP contribution in [0.4, 0.5) is 5.69 Å². The van der Waals surface area contributed by atoms with Gasteiger partial charge < -0.3 is 5.32 Å². The van der Waals surface area contributed by atoms with Crippen LogP contribution >= 0.6 is 15.9 Å². The van der Waals surface area contributed by atoms with Crippen LogP contribution in [0.2, 0.25) is 0 Å². The zero-order valence-electron chi connectivity index (χ0n) is 9.91. The molecule has 0 atom stereocenters. The molecule has 4 nitrogen and oxygen atoms in total. The van der Waals surface area contributed by atoms with Gasteiger partial charge in [0.15, 0.2) is 0 Å². The Balaban J connectivity index is 2.46. The van der Waals surface area contributed by atoms with E-state index in [0.29, 0.717) is 0 Å². The minimum absolute atomic E-state index is 0.117. The molecule has 1 aromatic rings. The molecule has 0 amide bonds. The smallest absolute Gasteiger partial charge is 0.270 e. The number of nitro benzene ring substituents is 1. The molecule has 0 saturated heterocycles. The van der Waals surface area contributed by atoms with Gasteiger partial charge in [-0.1, -0.05) is 35.7 Å². The second-order valence-corrected chi connectivity index (χ2v) is 4.77. The van der Waals surface area contributed by atoms with Crippen LogP contribution in [0, 0.1) is 10.1 Å². The lowest BCUT2D eigenvalue weighted by atomic mass is 10.2. The number of unbranched alkanes of at least 4 members (excludes halogenated alkanes) is 2. The molecule has 0 heterocycles. The van der Waals surface area contributed by atoms with Crippen molar-refractivity contribution in [3.63, 3.8) is 0 Å². The lowest BCUT2D eigenvalue weighted by Gasteiger charge is -2.06. The highest BCUT2D eigenvalue weighted by molar-refractivity contribution is 9.10. The van der Waals surface area contributed by atoms with Gasteiger partial charge in [-0.2, -0.15) is 0 Å². The van der Waals surface area contributed by atoms with E-state index in [2.05, 4.69) is 28.2 Å². The van der Waals surface area contributed by atoms with Crippen molar-refractivity contribution in [2.75, 3.05) is 6.54 Å². The number of hydrogen-bond acceptors (Lipinski definition) is 3. The highest BCUT2D eigenvalue weighted by Crippen LogP contribution is 2.22. The average molecular weight is 301 g/mol. The highest BCUT2D eigenvalue weighted by atomic mass is 79.9. The van der Waals surface area contributed by atoms with Gasteiger partial charge in [-0.15, -0.1) is 0 Å². The molecule has 94 valence electrons. The van der Waals surface area contributed by atoms with Crippen molar-refractivity contribution in [3.05, 3.63) is 38.3 Å². The first-order valence-electron chi connectivity index (χ1n) is 5.78. The van der Waals surface area contributed by atoms with Crippen LogP contribution in [-0.4, -0.2) is 11.5 Å². The van der Waals surface area contributed by atoms with Crippen molar-refractivity contribution in [1.29, 1.82) is 0 Å². The molecular formula is C12H17BrN2O2. The zero-order chi connectivity index (χ0) is 12.7. The summed E-state index contributed by atoms with van der Waals surface area (Å²) < 4.78 is 0.787. The molecule has 1 aromatic carbocycles. The van der Waals surface area contributed by atoms with Gasteiger partial charge in [0.1, 0.15) is 0 Å². The normalized spacial score (nSPS) is 10.5. The monoisotopic (exact) mass is 300 g/mol. The molecule has 1 N–H and O–H groups in total. The summed E-state index contributed by atoms with van der Waals surface area (Å²) in [5, 5.41) is 13.9. The maximum atomic E-state index is 10.6. The summed E-state index contributed by atoms with van der Waals surface area (Å²) in [6.07, 6.45) is 3.61. The number of halogens is 1. The number of nitro groups is 1. The van der Waals surface area contributed by atoms with Crippen LogP contribution in [0.15, 0.2) is 22.7 Å². The lowest BCUT2D eigenvalue weighted by Crippen LogP contribution is -2.14. The molecule has 0 saturated carbocycles. The Hall–Kier alpha value is -0.940. The van der Waals surface area contributed by atoms with Crippen LogP contribution in [0.5, 0.6) is 0 Å². The molecule has 5 heteroatoms. The number of nitrogens with one attached hydrogen (secondary N) is 1. The topological polar surface area (TPSA) is 55.2 Å². The molecule has 0 unspecified atom stereocenters. The van der Waals surface area contributed by atoms with Crippen LogP contribution < -0.4 is 5.32 Å². The van der Waals surface area contributed by atoms with Gasteiger partial charge in [-0.3, -0.25) is 10.1 Å². The third-order valence-electron chi connectivity index (χ3n) is 2.52. The predicted octanol–water partition coefficient (Wildman–Crippen LogP) is 3.64. The lowest BCUT2D eigenvalue weighted by molar-refractivity contribution is -0.384. The Bertz CT molecular complexity index is 383. The summed E-state index contributed by atoms with van der Waals surface area (Å²) in [5.74, 6) is 0. The number of nitrogens with zero attached hydrogens (tertiary/aromatic N) is 1. The summed E-state index contributed by atoms with van der Waals surface area (Å²) in [4.78, 5) is 10.2. The van der Waals surface area contributed by atoms with Crippen molar-refractivity contribution in [1.82, 2.24) is 5.32 Å². The first-order valence-corrected chi connectivity index (χ1v) is 6.58. The molecule has 0 aromatic heterocycles. The second-order valence-electron chi connectivity index (χ2n) is 3.92. The van der Waals surface area contributed by atoms with Gasteiger partial charge in [0.25, 0.3) is 5.69 Å². The summed E-state index contributed by atoms with van der Waals surface area (Å²) in [7, 11) is 0. The number of hydrogen-bond donors (Lipinski definition) is 1. The maximum absolute atomic E-state index is 10.6. The molecule has 0 spiro atoms. The minimum Gasteiger partial charge on any atom is -0.313 e. The molecule has 0 aliphatic heterocycles. The Morgan fingerprint density at radius 2 is 2.18 bits per heavy atom. The van der Waals surface area contributed by atoms with E-state index in [1.165, 1.54) is 25.3 Å². The van der Waals surface area contributed by atoms with Gasteiger partial charge in [0, 0.05) is 23.2 Å². The number of rotatable bonds is 7. The standard InChI is InChI=1S/C12H17BrN2O2/c1-2-3-4-7-14-9-10-5-6-11(15(16)17)8-12(10)13/h5-6,8,14H,2-4,7,9H2,1H3. The molecular weight excluding hydrogens is 284 g/mol. The van der Waals surface area contributed by atoms with Gasteiger partial charge >= 0.3 is 0 Å². The fourth-order valence-corrected chi connectivity index (χ4v) is 2.02. The van der Waals surface area contributed by atoms with Crippen molar-refractivity contribution in [3.8, 4) is 0 Å². The third kappa shape index (κ3) is 4.83. The van der Waals surface area contributed by atoms with E-state index < -0.39 is 0 Å². The SMILES string of the molecule is CCCCCNCc1ccc([N+](=O)[O-])cc1Br. The Labute approximate surface area is 110 Å². The molecule has 0 aliphatic carbocycles. The first-order chi connectivity index (χ1) is 8.15. The molecule has 0 radical (unpaired) electrons. The van der Waals surface area contributed by atoms with Gasteiger partial charge in [0.05, 0.1) is 4.92 Å². The van der Waals surface area contributed by atoms with Crippen LogP contribution in [0.25, 0.3) is 0 Å². The number of non-ortho nitro benzene ring substituents is 1. The quantitative estimate of drug-likeness (QED) is 0.475. The summed E-state index contributed by atoms with van der Waals surface area (Å²) in [5.41, 5.74) is 1.17. The maximum Gasteiger partial charge on any atom is 0.270 e. The fraction of sp³-hybridized carbons (Fsp3) is 0.500. The molecule has 0 aliphatic rings. The second kappa shape index (κ2) is 7.40. The molecule has 17 heavy (non-hydrogen) atoms. The summed E-state index contributed by atoms with van der Waals surface area (Å²) in [6.45, 7) is 3.90. The van der Waals surface area contributed by atoms with E-state index in [4.69, 9.17) is 0 Å². The van der Waals surface area contributed by atoms with Crippen molar-refractivity contribution in [2.45, 2.75) is 32.7 Å². The molecule has 0 fully saturated rings. The van der Waals surface area contributed by atoms with Gasteiger partial charge in [0.2, 0.25) is 0 Å². The van der Waals surface area contributed by atoms with E-state index in [1.54, 1.807) is 12.1 Å². The Morgan fingerprint density at radius 1 is 1.41 bits per heavy atom. The van der Waals surface area contributed by atoms with Crippen LogP contribution in [0.3, 0.4) is 0 Å². The largest absolute Gasteiger partial charge is 0.313 e. The zero-order valence-corrected chi connectivity index (χ0v) is 11.5. The average Bonchev–Trinajstić information content (AvgIpc) is 2.30. The third-order valence-corrected chi connectivity index (χ3v) is 3.26. The summed E-state index contributed by atoms with van der Waals surface area (Å²) >= 11 is 3.35. The fourth-order valence-electron chi connectivity index (χ4n) is 1.52. The highest BCUT2D eigenvalue weighted by Gasteiger charge is 2.08. The molecule has 1 rings (SSSR count). The Morgan fingerprint density at radius 3 is 2.76 bits per heavy atom. The van der Waals surface area contributed by atoms with Crippen molar-refractivity contribution >= 4 is 21.6 Å². The van der Waals surface area contributed by atoms with E-state index in [1.807, 2.05) is 0 Å². The van der Waals surface area contributed by atoms with Crippen LogP contribution in [-0.2, 0) is 6.54 Å². The van der Waals surface area contributed by atoms with Crippen LogP contribution in [0.1, 0.15) is 31.7 Å². The van der Waals surface area contributed by atoms with E-state index in [9.17, 15) is 10.1 Å². The predicted molar refractivity (Wildman–Crippen MR) is 72.0 cm³/mol. The Kier molecular flexibility index (Phi) is 6.15. The number of benzene rings is 1. The molecule has 0 bridgehead atoms. The van der Waals surface area contributed by atoms with E-state index in [-0.39, 0.29) is 10.6 Å². The van der Waals surface area contributed by atoms with E-state index in [0.717, 1.165) is 23.1 Å². The van der Waals surface area contributed by atoms with Crippen molar-refractivity contribution in [2.24, 2.45) is 0 Å². The van der Waals surface area contributed by atoms with Gasteiger partial charge in [-0.05, 0) is 24.6 Å². The van der Waals surface area contributed by atoms with E-state index >= 15 is 0 Å². The van der Waals surface area contributed by atoms with Gasteiger partial charge in [-0.25, -0.2) is 0 Å². The summed E-state index contributed by atoms with van der Waals surface area (Å²) in [6, 6.07) is 4.87. The first kappa shape index (κ1) is 14.1. The minimum atomic E-state index is -0.386.